The molecule has 6 heteroatoms. The first-order valence-electron chi connectivity index (χ1n) is 10.2. The van der Waals surface area contributed by atoms with Gasteiger partial charge in [0.15, 0.2) is 5.96 Å². The second kappa shape index (κ2) is 10.9. The number of morpholine rings is 1. The van der Waals surface area contributed by atoms with E-state index in [1.54, 1.807) is 7.05 Å². The van der Waals surface area contributed by atoms with Crippen molar-refractivity contribution in [3.63, 3.8) is 0 Å². The Kier molecular flexibility index (Phi) is 8.02. The van der Waals surface area contributed by atoms with E-state index >= 15 is 0 Å². The number of nitrogens with zero attached hydrogens (tertiary/aromatic N) is 2. The van der Waals surface area contributed by atoms with E-state index in [0.29, 0.717) is 12.6 Å². The molecule has 0 aliphatic carbocycles. The number of halogens is 1. The van der Waals surface area contributed by atoms with Crippen LogP contribution in [-0.2, 0) is 24.2 Å². The maximum Gasteiger partial charge on any atom is 0.191 e. The highest BCUT2D eigenvalue weighted by atomic mass is 19.1. The Morgan fingerprint density at radius 1 is 1.14 bits per heavy atom. The molecule has 1 unspecified atom stereocenters. The van der Waals surface area contributed by atoms with Crippen molar-refractivity contribution in [1.82, 2.24) is 15.5 Å². The Bertz CT molecular complexity index is 794. The molecular formula is C23H31FN4O. The number of hydrogen-bond acceptors (Lipinski definition) is 3. The molecule has 1 aliphatic heterocycles. The topological polar surface area (TPSA) is 48.9 Å². The molecule has 1 saturated heterocycles. The molecule has 29 heavy (non-hydrogen) atoms. The Balaban J connectivity index is 1.44. The summed E-state index contributed by atoms with van der Waals surface area (Å²) >= 11 is 0. The molecule has 3 rings (SSSR count). The molecule has 156 valence electrons. The van der Waals surface area contributed by atoms with E-state index in [0.717, 1.165) is 50.7 Å². The number of aliphatic imine (C=N–C) groups is 1. The Hall–Kier alpha value is -2.44. The Morgan fingerprint density at radius 3 is 2.69 bits per heavy atom. The lowest BCUT2D eigenvalue weighted by Gasteiger charge is -2.31. The van der Waals surface area contributed by atoms with Crippen molar-refractivity contribution < 1.29 is 9.13 Å². The molecule has 0 radical (unpaired) electrons. The zero-order chi connectivity index (χ0) is 20.5. The third-order valence-corrected chi connectivity index (χ3v) is 5.03. The third kappa shape index (κ3) is 7.15. The molecule has 1 heterocycles. The van der Waals surface area contributed by atoms with E-state index in [2.05, 4.69) is 51.7 Å². The van der Waals surface area contributed by atoms with Crippen molar-refractivity contribution in [1.29, 1.82) is 0 Å². The van der Waals surface area contributed by atoms with Crippen LogP contribution in [0.2, 0.25) is 0 Å². The van der Waals surface area contributed by atoms with Gasteiger partial charge in [0, 0.05) is 39.8 Å². The molecule has 1 aliphatic rings. The molecule has 0 bridgehead atoms. The zero-order valence-corrected chi connectivity index (χ0v) is 17.3. The van der Waals surface area contributed by atoms with Crippen LogP contribution in [0.3, 0.4) is 0 Å². The monoisotopic (exact) mass is 398 g/mol. The van der Waals surface area contributed by atoms with Gasteiger partial charge in [0.05, 0.1) is 12.7 Å². The summed E-state index contributed by atoms with van der Waals surface area (Å²) in [4.78, 5) is 6.73. The lowest BCUT2D eigenvalue weighted by atomic mass is 10.1. The molecule has 5 nitrogen and oxygen atoms in total. The van der Waals surface area contributed by atoms with Gasteiger partial charge in [-0.1, -0.05) is 36.4 Å². The number of ether oxygens (including phenoxy) is 1. The molecule has 1 fully saturated rings. The van der Waals surface area contributed by atoms with Crippen LogP contribution in [0.4, 0.5) is 4.39 Å². The molecule has 1 atom stereocenters. The highest BCUT2D eigenvalue weighted by Gasteiger charge is 2.16. The van der Waals surface area contributed by atoms with Gasteiger partial charge in [-0.25, -0.2) is 4.39 Å². The Morgan fingerprint density at radius 2 is 1.93 bits per heavy atom. The van der Waals surface area contributed by atoms with E-state index in [1.165, 1.54) is 23.3 Å². The van der Waals surface area contributed by atoms with E-state index in [9.17, 15) is 4.39 Å². The van der Waals surface area contributed by atoms with Crippen LogP contribution < -0.4 is 10.6 Å². The summed E-state index contributed by atoms with van der Waals surface area (Å²) in [5, 5.41) is 6.68. The highest BCUT2D eigenvalue weighted by molar-refractivity contribution is 5.79. The van der Waals surface area contributed by atoms with Gasteiger partial charge in [-0.15, -0.1) is 0 Å². The summed E-state index contributed by atoms with van der Waals surface area (Å²) in [6.07, 6.45) is 1.12. The van der Waals surface area contributed by atoms with Gasteiger partial charge in [-0.05, 0) is 42.2 Å². The van der Waals surface area contributed by atoms with Crippen molar-refractivity contribution in [3.05, 3.63) is 71.0 Å². The molecule has 0 spiro atoms. The summed E-state index contributed by atoms with van der Waals surface area (Å²) in [6, 6.07) is 15.3. The number of hydrogen-bond donors (Lipinski definition) is 2. The van der Waals surface area contributed by atoms with Crippen LogP contribution >= 0.6 is 0 Å². The van der Waals surface area contributed by atoms with E-state index in [-0.39, 0.29) is 5.82 Å². The van der Waals surface area contributed by atoms with Crippen LogP contribution in [0.1, 0.15) is 23.6 Å². The van der Waals surface area contributed by atoms with Gasteiger partial charge in [0.1, 0.15) is 5.82 Å². The second-order valence-electron chi connectivity index (χ2n) is 7.47. The molecular weight excluding hydrogens is 367 g/mol. The number of guanidine groups is 1. The largest absolute Gasteiger partial charge is 0.376 e. The minimum atomic E-state index is -0.204. The van der Waals surface area contributed by atoms with Crippen LogP contribution in [0.5, 0.6) is 0 Å². The van der Waals surface area contributed by atoms with E-state index in [1.807, 2.05) is 12.1 Å². The highest BCUT2D eigenvalue weighted by Crippen LogP contribution is 2.12. The summed E-state index contributed by atoms with van der Waals surface area (Å²) in [6.45, 7) is 7.30. The first-order chi connectivity index (χ1) is 14.1. The summed E-state index contributed by atoms with van der Waals surface area (Å²) < 4.78 is 18.6. The number of nitrogens with one attached hydrogen (secondary N) is 2. The normalized spacial score (nSPS) is 17.9. The maximum absolute atomic E-state index is 13.0. The third-order valence-electron chi connectivity index (χ3n) is 5.03. The number of rotatable bonds is 7. The predicted octanol–water partition coefficient (Wildman–Crippen LogP) is 2.95. The fourth-order valence-corrected chi connectivity index (χ4v) is 3.51. The minimum absolute atomic E-state index is 0.204. The fraction of sp³-hybridized carbons (Fsp3) is 0.435. The van der Waals surface area contributed by atoms with Crippen molar-refractivity contribution in [2.24, 2.45) is 4.99 Å². The van der Waals surface area contributed by atoms with Crippen LogP contribution in [-0.4, -0.2) is 50.3 Å². The summed E-state index contributed by atoms with van der Waals surface area (Å²) in [5.74, 6) is 0.559. The van der Waals surface area contributed by atoms with Crippen LogP contribution in [0.15, 0.2) is 53.5 Å². The van der Waals surface area contributed by atoms with E-state index in [4.69, 9.17) is 4.74 Å². The van der Waals surface area contributed by atoms with Crippen LogP contribution in [0, 0.1) is 5.82 Å². The van der Waals surface area contributed by atoms with Crippen LogP contribution in [0.25, 0.3) is 0 Å². The zero-order valence-electron chi connectivity index (χ0n) is 17.3. The van der Waals surface area contributed by atoms with Gasteiger partial charge in [-0.3, -0.25) is 9.89 Å². The van der Waals surface area contributed by atoms with Gasteiger partial charge in [0.25, 0.3) is 0 Å². The first-order valence-corrected chi connectivity index (χ1v) is 10.2. The summed E-state index contributed by atoms with van der Waals surface area (Å²) in [5.41, 5.74) is 3.64. The van der Waals surface area contributed by atoms with E-state index < -0.39 is 0 Å². The van der Waals surface area contributed by atoms with Crippen molar-refractivity contribution >= 4 is 5.96 Å². The molecule has 0 aromatic heterocycles. The summed E-state index contributed by atoms with van der Waals surface area (Å²) in [7, 11) is 1.77. The quantitative estimate of drug-likeness (QED) is 0.556. The van der Waals surface area contributed by atoms with Gasteiger partial charge in [-0.2, -0.15) is 0 Å². The van der Waals surface area contributed by atoms with Gasteiger partial charge < -0.3 is 15.4 Å². The second-order valence-corrected chi connectivity index (χ2v) is 7.47. The predicted molar refractivity (Wildman–Crippen MR) is 115 cm³/mol. The molecule has 0 amide bonds. The molecule has 2 aromatic carbocycles. The minimum Gasteiger partial charge on any atom is -0.376 e. The SMILES string of the molecule is CN=C(NCCc1ccc(F)cc1)NCc1cccc(CN2CCOC(C)C2)c1. The lowest BCUT2D eigenvalue weighted by molar-refractivity contribution is -0.0212. The average molecular weight is 399 g/mol. The van der Waals surface area contributed by atoms with Gasteiger partial charge in [0.2, 0.25) is 0 Å². The van der Waals surface area contributed by atoms with Gasteiger partial charge >= 0.3 is 0 Å². The molecule has 0 saturated carbocycles. The standard InChI is InChI=1S/C23H31FN4O/c1-18-16-28(12-13-29-18)17-21-5-3-4-20(14-21)15-27-23(25-2)26-11-10-19-6-8-22(24)9-7-19/h3-9,14,18H,10-13,15-17H2,1-2H3,(H2,25,26,27). The fourth-order valence-electron chi connectivity index (χ4n) is 3.51. The van der Waals surface area contributed by atoms with Crippen molar-refractivity contribution in [2.75, 3.05) is 33.3 Å². The molecule has 2 N–H and O–H groups in total. The van der Waals surface area contributed by atoms with Crippen molar-refractivity contribution in [2.45, 2.75) is 32.5 Å². The number of benzene rings is 2. The lowest BCUT2D eigenvalue weighted by Crippen LogP contribution is -2.40. The average Bonchev–Trinajstić information content (AvgIpc) is 2.72. The first kappa shape index (κ1) is 21.3. The van der Waals surface area contributed by atoms with Crippen molar-refractivity contribution in [3.8, 4) is 0 Å². The maximum atomic E-state index is 13.0. The Labute approximate surface area is 173 Å². The molecule has 2 aromatic rings. The smallest absolute Gasteiger partial charge is 0.191 e.